The second-order valence-corrected chi connectivity index (χ2v) is 12.6. The first-order valence-corrected chi connectivity index (χ1v) is 14.1. The molecular formula is C21H25N5O4S3. The number of thiazole rings is 1. The van der Waals surface area contributed by atoms with Crippen LogP contribution in [0.5, 0.6) is 0 Å². The Balaban J connectivity index is 1.32. The molecule has 0 radical (unpaired) electrons. The lowest BCUT2D eigenvalue weighted by molar-refractivity contribution is -0.120. The number of rotatable bonds is 6. The Morgan fingerprint density at radius 3 is 2.73 bits per heavy atom. The Kier molecular flexibility index (Phi) is 6.10. The highest BCUT2D eigenvalue weighted by Crippen LogP contribution is 2.38. The molecule has 5 rings (SSSR count). The van der Waals surface area contributed by atoms with E-state index < -0.39 is 15.9 Å². The Bertz CT molecular complexity index is 1270. The third-order valence-corrected chi connectivity index (χ3v) is 10.3. The number of amides is 1. The molecule has 4 heterocycles. The topological polar surface area (TPSA) is 118 Å². The normalized spacial score (nSPS) is 20.0. The van der Waals surface area contributed by atoms with Gasteiger partial charge in [0.2, 0.25) is 27.6 Å². The van der Waals surface area contributed by atoms with Crippen LogP contribution >= 0.6 is 22.7 Å². The molecule has 2 fully saturated rings. The summed E-state index contributed by atoms with van der Waals surface area (Å²) in [6.07, 6.45) is 4.54. The fourth-order valence-electron chi connectivity index (χ4n) is 4.12. The SMILES string of the molecule is Cc1csc(NC(=O)[C@H]2CCCN(S(=O)(=O)c3cc(-c4noc(C5CCC5)n4)sc3C)C2)n1. The first-order valence-electron chi connectivity index (χ1n) is 11.0. The van der Waals surface area contributed by atoms with E-state index in [0.717, 1.165) is 18.5 Å². The average Bonchev–Trinajstić information content (AvgIpc) is 3.47. The number of carbonyl (C=O) groups is 1. The van der Waals surface area contributed by atoms with Crippen molar-refractivity contribution in [3.05, 3.63) is 27.9 Å². The molecule has 9 nitrogen and oxygen atoms in total. The highest BCUT2D eigenvalue weighted by Gasteiger charge is 2.35. The fraction of sp³-hybridized carbons (Fsp3) is 0.524. The largest absolute Gasteiger partial charge is 0.339 e. The first-order chi connectivity index (χ1) is 15.8. The number of sulfonamides is 1. The monoisotopic (exact) mass is 507 g/mol. The fourth-order valence-corrected chi connectivity index (χ4v) is 7.82. The molecule has 1 aliphatic carbocycles. The summed E-state index contributed by atoms with van der Waals surface area (Å²) >= 11 is 2.71. The van der Waals surface area contributed by atoms with E-state index in [0.29, 0.717) is 51.9 Å². The zero-order valence-electron chi connectivity index (χ0n) is 18.4. The molecule has 0 bridgehead atoms. The molecule has 0 spiro atoms. The summed E-state index contributed by atoms with van der Waals surface area (Å²) in [5, 5.41) is 9.30. The van der Waals surface area contributed by atoms with Crippen molar-refractivity contribution in [1.29, 1.82) is 0 Å². The molecule has 1 saturated carbocycles. The van der Waals surface area contributed by atoms with Gasteiger partial charge in [0, 0.05) is 29.3 Å². The van der Waals surface area contributed by atoms with Gasteiger partial charge < -0.3 is 9.84 Å². The minimum atomic E-state index is -3.75. The van der Waals surface area contributed by atoms with Crippen LogP contribution in [0.3, 0.4) is 0 Å². The lowest BCUT2D eigenvalue weighted by Gasteiger charge is -2.31. The van der Waals surface area contributed by atoms with Crippen molar-refractivity contribution in [3.63, 3.8) is 0 Å². The zero-order valence-corrected chi connectivity index (χ0v) is 20.9. The number of nitrogens with one attached hydrogen (secondary N) is 1. The summed E-state index contributed by atoms with van der Waals surface area (Å²) < 4.78 is 33.8. The van der Waals surface area contributed by atoms with E-state index in [-0.39, 0.29) is 17.3 Å². The molecule has 0 unspecified atom stereocenters. The van der Waals surface area contributed by atoms with E-state index in [1.807, 2.05) is 12.3 Å². The quantitative estimate of drug-likeness (QED) is 0.532. The number of carbonyl (C=O) groups excluding carboxylic acids is 1. The maximum atomic E-state index is 13.5. The maximum absolute atomic E-state index is 13.5. The first kappa shape index (κ1) is 22.6. The Morgan fingerprint density at radius 1 is 1.21 bits per heavy atom. The summed E-state index contributed by atoms with van der Waals surface area (Å²) in [5.41, 5.74) is 0.841. The molecule has 176 valence electrons. The van der Waals surface area contributed by atoms with Gasteiger partial charge in [-0.3, -0.25) is 4.79 Å². The van der Waals surface area contributed by atoms with Gasteiger partial charge in [-0.2, -0.15) is 9.29 Å². The summed E-state index contributed by atoms with van der Waals surface area (Å²) in [6.45, 7) is 4.19. The smallest absolute Gasteiger partial charge is 0.244 e. The van der Waals surface area contributed by atoms with Crippen molar-refractivity contribution >= 4 is 43.7 Å². The van der Waals surface area contributed by atoms with Gasteiger partial charge in [-0.1, -0.05) is 11.6 Å². The van der Waals surface area contributed by atoms with Gasteiger partial charge in [-0.05, 0) is 45.6 Å². The minimum absolute atomic E-state index is 0.150. The Hall–Kier alpha value is -2.15. The van der Waals surface area contributed by atoms with Gasteiger partial charge in [-0.15, -0.1) is 22.7 Å². The molecule has 1 atom stereocenters. The highest BCUT2D eigenvalue weighted by molar-refractivity contribution is 7.89. The summed E-state index contributed by atoms with van der Waals surface area (Å²) in [6, 6.07) is 1.63. The van der Waals surface area contributed by atoms with Crippen molar-refractivity contribution in [2.24, 2.45) is 5.92 Å². The predicted molar refractivity (Wildman–Crippen MR) is 126 cm³/mol. The minimum Gasteiger partial charge on any atom is -0.339 e. The molecule has 33 heavy (non-hydrogen) atoms. The van der Waals surface area contributed by atoms with Gasteiger partial charge in [-0.25, -0.2) is 13.4 Å². The number of nitrogens with zero attached hydrogens (tertiary/aromatic N) is 4. The highest BCUT2D eigenvalue weighted by atomic mass is 32.2. The van der Waals surface area contributed by atoms with E-state index in [9.17, 15) is 13.2 Å². The van der Waals surface area contributed by atoms with Gasteiger partial charge in [0.15, 0.2) is 5.13 Å². The number of aromatic nitrogens is 3. The zero-order chi connectivity index (χ0) is 23.2. The number of hydrogen-bond donors (Lipinski definition) is 1. The van der Waals surface area contributed by atoms with Crippen LogP contribution in [0.25, 0.3) is 10.7 Å². The lowest BCUT2D eigenvalue weighted by atomic mass is 9.85. The van der Waals surface area contributed by atoms with Crippen LogP contribution in [0.1, 0.15) is 54.5 Å². The van der Waals surface area contributed by atoms with Gasteiger partial charge in [0.25, 0.3) is 0 Å². The van der Waals surface area contributed by atoms with E-state index in [1.165, 1.54) is 33.4 Å². The molecule has 2 aliphatic rings. The third kappa shape index (κ3) is 4.48. The van der Waals surface area contributed by atoms with Crippen LogP contribution in [-0.2, 0) is 14.8 Å². The number of thiophene rings is 1. The molecule has 1 saturated heterocycles. The maximum Gasteiger partial charge on any atom is 0.244 e. The molecule has 3 aromatic heterocycles. The number of hydrogen-bond acceptors (Lipinski definition) is 9. The molecule has 1 N–H and O–H groups in total. The van der Waals surface area contributed by atoms with Crippen LogP contribution in [0.4, 0.5) is 5.13 Å². The summed E-state index contributed by atoms with van der Waals surface area (Å²) in [5.74, 6) is 0.772. The van der Waals surface area contributed by atoms with Gasteiger partial charge >= 0.3 is 0 Å². The van der Waals surface area contributed by atoms with Crippen LogP contribution in [-0.4, -0.2) is 46.8 Å². The molecule has 1 amide bonds. The van der Waals surface area contributed by atoms with Crippen molar-refractivity contribution < 1.29 is 17.7 Å². The number of aryl methyl sites for hydroxylation is 2. The molecule has 3 aromatic rings. The number of piperidine rings is 1. The molecule has 12 heteroatoms. The van der Waals surface area contributed by atoms with Crippen molar-refractivity contribution in [2.45, 2.75) is 56.8 Å². The second-order valence-electron chi connectivity index (χ2n) is 8.60. The number of anilines is 1. The molecule has 0 aromatic carbocycles. The predicted octanol–water partition coefficient (Wildman–Crippen LogP) is 4.18. The van der Waals surface area contributed by atoms with Crippen LogP contribution in [0.2, 0.25) is 0 Å². The van der Waals surface area contributed by atoms with Crippen LogP contribution in [0.15, 0.2) is 20.9 Å². The molecular weight excluding hydrogens is 482 g/mol. The van der Waals surface area contributed by atoms with Crippen LogP contribution in [0, 0.1) is 19.8 Å². The van der Waals surface area contributed by atoms with E-state index >= 15 is 0 Å². The Labute approximate surface area is 200 Å². The van der Waals surface area contributed by atoms with Crippen molar-refractivity contribution in [2.75, 3.05) is 18.4 Å². The van der Waals surface area contributed by atoms with E-state index in [2.05, 4.69) is 20.4 Å². The molecule has 1 aliphatic heterocycles. The van der Waals surface area contributed by atoms with Crippen molar-refractivity contribution in [1.82, 2.24) is 19.4 Å². The summed E-state index contributed by atoms with van der Waals surface area (Å²) in [7, 11) is -3.75. The summed E-state index contributed by atoms with van der Waals surface area (Å²) in [4.78, 5) is 23.1. The average molecular weight is 508 g/mol. The van der Waals surface area contributed by atoms with E-state index in [1.54, 1.807) is 13.0 Å². The van der Waals surface area contributed by atoms with Gasteiger partial charge in [0.05, 0.1) is 21.4 Å². The Morgan fingerprint density at radius 2 is 2.03 bits per heavy atom. The van der Waals surface area contributed by atoms with E-state index in [4.69, 9.17) is 4.52 Å². The lowest BCUT2D eigenvalue weighted by Crippen LogP contribution is -2.43. The van der Waals surface area contributed by atoms with Crippen molar-refractivity contribution in [3.8, 4) is 10.7 Å². The third-order valence-electron chi connectivity index (χ3n) is 6.21. The van der Waals surface area contributed by atoms with Gasteiger partial charge in [0.1, 0.15) is 0 Å². The standard InChI is InChI=1S/C21H25N5O4S3/c1-12-11-31-21(22-12)24-19(27)15-7-4-8-26(10-15)33(28,29)17-9-16(32-13(17)2)18-23-20(30-25-18)14-5-3-6-14/h9,11,14-15H,3-8,10H2,1-2H3,(H,22,24,27)/t15-/m0/s1. The second kappa shape index (κ2) is 8.90. The van der Waals surface area contributed by atoms with Crippen LogP contribution < -0.4 is 5.32 Å².